The van der Waals surface area contributed by atoms with Gasteiger partial charge in [-0.25, -0.2) is 4.39 Å². The Labute approximate surface area is 157 Å². The molecular weight excluding hydrogens is 343 g/mol. The van der Waals surface area contributed by atoms with E-state index in [1.165, 1.54) is 25.0 Å². The molecule has 1 fully saturated rings. The number of likely N-dealkylation sites (tertiary alicyclic amines) is 1. The molecule has 27 heavy (non-hydrogen) atoms. The monoisotopic (exact) mass is 362 g/mol. The molecule has 0 bridgehead atoms. The van der Waals surface area contributed by atoms with Gasteiger partial charge in [0.2, 0.25) is 11.7 Å². The van der Waals surface area contributed by atoms with Gasteiger partial charge in [0.1, 0.15) is 11.5 Å². The fourth-order valence-corrected chi connectivity index (χ4v) is 3.10. The Kier molecular flexibility index (Phi) is 4.95. The number of hydrogen-bond acceptors (Lipinski definition) is 5. The summed E-state index contributed by atoms with van der Waals surface area (Å²) in [5.41, 5.74) is 1.99. The van der Waals surface area contributed by atoms with Gasteiger partial charge in [0.25, 0.3) is 0 Å². The van der Waals surface area contributed by atoms with Gasteiger partial charge in [-0.15, -0.1) is 0 Å². The third-order valence-electron chi connectivity index (χ3n) is 4.66. The second-order valence-corrected chi connectivity index (χ2v) is 6.57. The van der Waals surface area contributed by atoms with E-state index in [0.717, 1.165) is 18.7 Å². The molecule has 0 amide bonds. The molecule has 3 aromatic rings. The Balaban J connectivity index is 1.48. The maximum Gasteiger partial charge on any atom is 0.244 e. The average Bonchev–Trinajstić information content (AvgIpc) is 3.38. The molecule has 0 aliphatic carbocycles. The molecule has 1 unspecified atom stereocenters. The Morgan fingerprint density at radius 3 is 2.67 bits per heavy atom. The van der Waals surface area contributed by atoms with Gasteiger partial charge >= 0.3 is 0 Å². The lowest BCUT2D eigenvalue weighted by Crippen LogP contribution is -2.23. The number of nitrogens with zero attached hydrogens (tertiary/aromatic N) is 4. The van der Waals surface area contributed by atoms with Crippen LogP contribution < -0.4 is 0 Å². The van der Waals surface area contributed by atoms with Gasteiger partial charge in [0.05, 0.1) is 6.04 Å². The minimum Gasteiger partial charge on any atom is -0.337 e. The Morgan fingerprint density at radius 1 is 1.11 bits per heavy atom. The standard InChI is InChI=1S/C21H19FN4O/c1-15(26-11-2-3-12-26)21-24-20(25-27-21)19-10-9-17(14-23-19)8-7-16-5-4-6-18(22)13-16/h4-6,9-10,13-15H,2-3,11-12H2,1H3. The number of hydrogen-bond donors (Lipinski definition) is 0. The van der Waals surface area contributed by atoms with E-state index in [2.05, 4.69) is 38.8 Å². The first-order valence-electron chi connectivity index (χ1n) is 9.01. The van der Waals surface area contributed by atoms with Crippen molar-refractivity contribution in [2.45, 2.75) is 25.8 Å². The van der Waals surface area contributed by atoms with Crippen molar-refractivity contribution in [3.63, 3.8) is 0 Å². The smallest absolute Gasteiger partial charge is 0.244 e. The molecule has 6 heteroatoms. The van der Waals surface area contributed by atoms with Crippen LogP contribution in [0.15, 0.2) is 47.1 Å². The number of pyridine rings is 1. The largest absolute Gasteiger partial charge is 0.337 e. The molecule has 0 spiro atoms. The highest BCUT2D eigenvalue weighted by Crippen LogP contribution is 2.24. The van der Waals surface area contributed by atoms with Gasteiger partial charge < -0.3 is 4.52 Å². The molecule has 4 rings (SSSR count). The van der Waals surface area contributed by atoms with Crippen LogP contribution in [0.1, 0.15) is 42.8 Å². The maximum atomic E-state index is 13.2. The highest BCUT2D eigenvalue weighted by atomic mass is 19.1. The topological polar surface area (TPSA) is 55.1 Å². The summed E-state index contributed by atoms with van der Waals surface area (Å²) in [4.78, 5) is 11.2. The quantitative estimate of drug-likeness (QED) is 0.663. The van der Waals surface area contributed by atoms with Crippen molar-refractivity contribution in [1.29, 1.82) is 0 Å². The summed E-state index contributed by atoms with van der Waals surface area (Å²) in [6, 6.07) is 9.96. The third-order valence-corrected chi connectivity index (χ3v) is 4.66. The van der Waals surface area contributed by atoms with Crippen molar-refractivity contribution in [3.8, 4) is 23.4 Å². The average molecular weight is 362 g/mol. The molecule has 0 N–H and O–H groups in total. The molecule has 136 valence electrons. The first-order valence-corrected chi connectivity index (χ1v) is 9.01. The van der Waals surface area contributed by atoms with Crippen LogP contribution in [0.2, 0.25) is 0 Å². The fourth-order valence-electron chi connectivity index (χ4n) is 3.10. The summed E-state index contributed by atoms with van der Waals surface area (Å²) >= 11 is 0. The normalized spacial score (nSPS) is 15.3. The van der Waals surface area contributed by atoms with Crippen LogP contribution in [0.4, 0.5) is 4.39 Å². The van der Waals surface area contributed by atoms with Gasteiger partial charge in [-0.1, -0.05) is 23.1 Å². The molecule has 2 aromatic heterocycles. The van der Waals surface area contributed by atoms with Crippen LogP contribution in [0.3, 0.4) is 0 Å². The van der Waals surface area contributed by atoms with Crippen LogP contribution in [-0.4, -0.2) is 33.1 Å². The summed E-state index contributed by atoms with van der Waals surface area (Å²) < 4.78 is 18.6. The summed E-state index contributed by atoms with van der Waals surface area (Å²) in [5.74, 6) is 6.69. The number of aromatic nitrogens is 3. The van der Waals surface area contributed by atoms with E-state index in [1.807, 2.05) is 12.1 Å². The second kappa shape index (κ2) is 7.68. The molecule has 1 saturated heterocycles. The molecule has 5 nitrogen and oxygen atoms in total. The molecule has 1 aliphatic rings. The summed E-state index contributed by atoms with van der Waals surface area (Å²) in [6.07, 6.45) is 4.08. The Bertz CT molecular complexity index is 981. The molecule has 1 aliphatic heterocycles. The van der Waals surface area contributed by atoms with E-state index in [1.54, 1.807) is 18.3 Å². The van der Waals surface area contributed by atoms with Crippen molar-refractivity contribution >= 4 is 0 Å². The van der Waals surface area contributed by atoms with E-state index >= 15 is 0 Å². The van der Waals surface area contributed by atoms with Crippen LogP contribution in [0.25, 0.3) is 11.5 Å². The fraction of sp³-hybridized carbons (Fsp3) is 0.286. The predicted octanol–water partition coefficient (Wildman–Crippen LogP) is 3.83. The molecule has 1 aromatic carbocycles. The highest BCUT2D eigenvalue weighted by molar-refractivity contribution is 5.50. The number of halogens is 1. The molecule has 0 saturated carbocycles. The van der Waals surface area contributed by atoms with Crippen LogP contribution in [0.5, 0.6) is 0 Å². The summed E-state index contributed by atoms with van der Waals surface area (Å²) in [6.45, 7) is 4.22. The second-order valence-electron chi connectivity index (χ2n) is 6.57. The van der Waals surface area contributed by atoms with Crippen molar-refractivity contribution in [2.75, 3.05) is 13.1 Å². The Hall–Kier alpha value is -3.04. The highest BCUT2D eigenvalue weighted by Gasteiger charge is 2.24. The lowest BCUT2D eigenvalue weighted by molar-refractivity contribution is 0.209. The van der Waals surface area contributed by atoms with Crippen LogP contribution in [-0.2, 0) is 0 Å². The van der Waals surface area contributed by atoms with Crippen LogP contribution >= 0.6 is 0 Å². The van der Waals surface area contributed by atoms with E-state index in [0.29, 0.717) is 23.0 Å². The first kappa shape index (κ1) is 17.4. The van der Waals surface area contributed by atoms with E-state index < -0.39 is 0 Å². The van der Waals surface area contributed by atoms with Gasteiger partial charge in [-0.05, 0) is 63.2 Å². The molecule has 0 radical (unpaired) electrons. The predicted molar refractivity (Wildman–Crippen MR) is 99.1 cm³/mol. The molecular formula is C21H19FN4O. The Morgan fingerprint density at radius 2 is 1.93 bits per heavy atom. The summed E-state index contributed by atoms with van der Waals surface area (Å²) in [5, 5.41) is 4.06. The van der Waals surface area contributed by atoms with Crippen LogP contribution in [0, 0.1) is 17.7 Å². The third kappa shape index (κ3) is 4.04. The lowest BCUT2D eigenvalue weighted by Gasteiger charge is -2.19. The molecule has 3 heterocycles. The molecule has 1 atom stereocenters. The zero-order chi connectivity index (χ0) is 18.6. The SMILES string of the molecule is CC(c1nc(-c2ccc(C#Cc3cccc(F)c3)cn2)no1)N1CCCC1. The zero-order valence-corrected chi connectivity index (χ0v) is 15.0. The lowest BCUT2D eigenvalue weighted by atomic mass is 10.2. The van der Waals surface area contributed by atoms with E-state index in [4.69, 9.17) is 4.52 Å². The van der Waals surface area contributed by atoms with Crippen molar-refractivity contribution < 1.29 is 8.91 Å². The van der Waals surface area contributed by atoms with Crippen molar-refractivity contribution in [3.05, 3.63) is 65.4 Å². The zero-order valence-electron chi connectivity index (χ0n) is 15.0. The van der Waals surface area contributed by atoms with Crippen molar-refractivity contribution in [2.24, 2.45) is 0 Å². The van der Waals surface area contributed by atoms with E-state index in [-0.39, 0.29) is 11.9 Å². The first-order chi connectivity index (χ1) is 13.2. The number of benzene rings is 1. The van der Waals surface area contributed by atoms with Gasteiger partial charge in [0, 0.05) is 17.3 Å². The van der Waals surface area contributed by atoms with Gasteiger partial charge in [-0.2, -0.15) is 4.98 Å². The minimum atomic E-state index is -0.300. The van der Waals surface area contributed by atoms with Gasteiger partial charge in [0.15, 0.2) is 0 Å². The minimum absolute atomic E-state index is 0.116. The van der Waals surface area contributed by atoms with Gasteiger partial charge in [-0.3, -0.25) is 9.88 Å². The summed E-state index contributed by atoms with van der Waals surface area (Å²) in [7, 11) is 0. The van der Waals surface area contributed by atoms with E-state index in [9.17, 15) is 4.39 Å². The maximum absolute atomic E-state index is 13.2. The number of rotatable bonds is 3. The van der Waals surface area contributed by atoms with Crippen molar-refractivity contribution in [1.82, 2.24) is 20.0 Å².